The van der Waals surface area contributed by atoms with E-state index in [4.69, 9.17) is 4.74 Å². The highest BCUT2D eigenvalue weighted by molar-refractivity contribution is 5.91. The summed E-state index contributed by atoms with van der Waals surface area (Å²) in [5.41, 5.74) is -0.556. The SMILES string of the molecule is CCCCCCCCC(CCCCCC)C(=O)Nc1ccn([C@H]2C[C@H](O)[C@@H](CO)O2)c(=O)n1. The van der Waals surface area contributed by atoms with Crippen molar-refractivity contribution in [2.75, 3.05) is 11.9 Å². The number of carbonyl (C=O) groups excluding carboxylic acids is 1. The molecule has 0 spiro atoms. The molecule has 0 aromatic carbocycles. The van der Waals surface area contributed by atoms with Crippen LogP contribution in [0.15, 0.2) is 17.1 Å². The number of hydrogen-bond acceptors (Lipinski definition) is 6. The van der Waals surface area contributed by atoms with Crippen molar-refractivity contribution in [1.29, 1.82) is 0 Å². The van der Waals surface area contributed by atoms with Gasteiger partial charge in [0.2, 0.25) is 5.91 Å². The highest BCUT2D eigenvalue weighted by atomic mass is 16.5. The molecular weight excluding hydrogens is 422 g/mol. The number of nitrogens with zero attached hydrogens (tertiary/aromatic N) is 2. The van der Waals surface area contributed by atoms with Gasteiger partial charge in [0.15, 0.2) is 0 Å². The van der Waals surface area contributed by atoms with E-state index >= 15 is 0 Å². The molecule has 188 valence electrons. The van der Waals surface area contributed by atoms with Gasteiger partial charge in [-0.2, -0.15) is 4.98 Å². The summed E-state index contributed by atoms with van der Waals surface area (Å²) in [5.74, 6) is 0.0912. The Kier molecular flexibility index (Phi) is 12.6. The lowest BCUT2D eigenvalue weighted by molar-refractivity contribution is -0.120. The molecule has 2 rings (SSSR count). The minimum atomic E-state index is -0.832. The zero-order valence-corrected chi connectivity index (χ0v) is 20.4. The van der Waals surface area contributed by atoms with Crippen LogP contribution in [0.4, 0.5) is 5.82 Å². The average Bonchev–Trinajstić information content (AvgIpc) is 3.17. The van der Waals surface area contributed by atoms with Crippen LogP contribution in [0.1, 0.15) is 104 Å². The number of aliphatic hydroxyl groups excluding tert-OH is 2. The minimum Gasteiger partial charge on any atom is -0.394 e. The Morgan fingerprint density at radius 2 is 1.73 bits per heavy atom. The molecule has 1 unspecified atom stereocenters. The predicted molar refractivity (Wildman–Crippen MR) is 129 cm³/mol. The molecule has 1 aromatic heterocycles. The lowest BCUT2D eigenvalue weighted by Crippen LogP contribution is -2.30. The summed E-state index contributed by atoms with van der Waals surface area (Å²) >= 11 is 0. The fraction of sp³-hybridized carbons (Fsp3) is 0.800. The van der Waals surface area contributed by atoms with Crippen LogP contribution in [-0.2, 0) is 9.53 Å². The first-order valence-electron chi connectivity index (χ1n) is 12.8. The van der Waals surface area contributed by atoms with Crippen molar-refractivity contribution in [2.45, 2.75) is 116 Å². The number of carbonyl (C=O) groups is 1. The molecule has 1 aliphatic heterocycles. The third-order valence-electron chi connectivity index (χ3n) is 6.46. The summed E-state index contributed by atoms with van der Waals surface area (Å²) < 4.78 is 6.81. The van der Waals surface area contributed by atoms with E-state index in [1.54, 1.807) is 6.07 Å². The van der Waals surface area contributed by atoms with Crippen LogP contribution in [0.2, 0.25) is 0 Å². The molecule has 0 saturated carbocycles. The van der Waals surface area contributed by atoms with Crippen LogP contribution in [-0.4, -0.2) is 44.5 Å². The molecule has 1 aliphatic rings. The molecular formula is C25H43N3O5. The van der Waals surface area contributed by atoms with Crippen molar-refractivity contribution in [2.24, 2.45) is 5.92 Å². The van der Waals surface area contributed by atoms with Crippen molar-refractivity contribution in [3.63, 3.8) is 0 Å². The number of ether oxygens (including phenoxy) is 1. The van der Waals surface area contributed by atoms with E-state index in [1.165, 1.54) is 42.9 Å². The first-order chi connectivity index (χ1) is 16.0. The van der Waals surface area contributed by atoms with Crippen LogP contribution in [0.5, 0.6) is 0 Å². The van der Waals surface area contributed by atoms with E-state index in [0.29, 0.717) is 0 Å². The highest BCUT2D eigenvalue weighted by Crippen LogP contribution is 2.27. The van der Waals surface area contributed by atoms with Crippen LogP contribution < -0.4 is 11.0 Å². The number of nitrogens with one attached hydrogen (secondary N) is 1. The Labute approximate surface area is 197 Å². The van der Waals surface area contributed by atoms with E-state index in [-0.39, 0.29) is 30.7 Å². The van der Waals surface area contributed by atoms with Gasteiger partial charge in [-0.15, -0.1) is 0 Å². The first-order valence-corrected chi connectivity index (χ1v) is 12.8. The van der Waals surface area contributed by atoms with Gasteiger partial charge in [0.05, 0.1) is 12.7 Å². The van der Waals surface area contributed by atoms with E-state index in [1.807, 2.05) is 0 Å². The van der Waals surface area contributed by atoms with Gasteiger partial charge >= 0.3 is 5.69 Å². The molecule has 8 nitrogen and oxygen atoms in total. The Morgan fingerprint density at radius 1 is 1.12 bits per heavy atom. The molecule has 0 aliphatic carbocycles. The Morgan fingerprint density at radius 3 is 2.30 bits per heavy atom. The topological polar surface area (TPSA) is 114 Å². The summed E-state index contributed by atoms with van der Waals surface area (Å²) in [4.78, 5) is 29.5. The van der Waals surface area contributed by atoms with Crippen LogP contribution >= 0.6 is 0 Å². The number of aromatic nitrogens is 2. The fourth-order valence-corrected chi connectivity index (χ4v) is 4.38. The maximum absolute atomic E-state index is 13.0. The first kappa shape index (κ1) is 27.5. The normalized spacial score (nSPS) is 21.3. The van der Waals surface area contributed by atoms with Gasteiger partial charge < -0.3 is 20.3 Å². The number of rotatable bonds is 16. The largest absolute Gasteiger partial charge is 0.394 e. The summed E-state index contributed by atoms with van der Waals surface area (Å²) in [6.07, 6.45) is 12.9. The van der Waals surface area contributed by atoms with Crippen molar-refractivity contribution in [3.05, 3.63) is 22.7 Å². The lowest BCUT2D eigenvalue weighted by Gasteiger charge is -2.17. The zero-order valence-electron chi connectivity index (χ0n) is 20.4. The second-order valence-corrected chi connectivity index (χ2v) is 9.21. The molecule has 8 heteroatoms. The zero-order chi connectivity index (χ0) is 24.1. The van der Waals surface area contributed by atoms with E-state index < -0.39 is 24.1 Å². The molecule has 0 radical (unpaired) electrons. The van der Waals surface area contributed by atoms with Crippen molar-refractivity contribution in [1.82, 2.24) is 9.55 Å². The number of hydrogen-bond donors (Lipinski definition) is 3. The molecule has 33 heavy (non-hydrogen) atoms. The second kappa shape index (κ2) is 15.2. The number of anilines is 1. The summed E-state index contributed by atoms with van der Waals surface area (Å²) in [7, 11) is 0. The number of unbranched alkanes of at least 4 members (excludes halogenated alkanes) is 8. The molecule has 1 saturated heterocycles. The van der Waals surface area contributed by atoms with Crippen LogP contribution in [0.3, 0.4) is 0 Å². The molecule has 1 fully saturated rings. The van der Waals surface area contributed by atoms with Gasteiger partial charge in [0, 0.05) is 18.5 Å². The number of amides is 1. The molecule has 1 amide bonds. The monoisotopic (exact) mass is 465 g/mol. The van der Waals surface area contributed by atoms with Crippen molar-refractivity contribution < 1.29 is 19.7 Å². The number of aliphatic hydroxyl groups is 2. The molecule has 4 atom stereocenters. The predicted octanol–water partition coefficient (Wildman–Crippen LogP) is 4.16. The quantitative estimate of drug-likeness (QED) is 0.316. The summed E-state index contributed by atoms with van der Waals surface area (Å²) in [6, 6.07) is 1.58. The van der Waals surface area contributed by atoms with E-state index in [9.17, 15) is 19.8 Å². The van der Waals surface area contributed by atoms with E-state index in [0.717, 1.165) is 44.9 Å². The summed E-state index contributed by atoms with van der Waals surface area (Å²) in [6.45, 7) is 4.07. The fourth-order valence-electron chi connectivity index (χ4n) is 4.38. The van der Waals surface area contributed by atoms with Gasteiger partial charge in [-0.25, -0.2) is 4.79 Å². The van der Waals surface area contributed by atoms with Crippen molar-refractivity contribution in [3.8, 4) is 0 Å². The third-order valence-corrected chi connectivity index (χ3v) is 6.46. The van der Waals surface area contributed by atoms with Gasteiger partial charge in [0.1, 0.15) is 18.1 Å². The van der Waals surface area contributed by atoms with Gasteiger partial charge in [-0.3, -0.25) is 9.36 Å². The Bertz CT molecular complexity index is 754. The Balaban J connectivity index is 1.94. The second-order valence-electron chi connectivity index (χ2n) is 9.21. The molecule has 3 N–H and O–H groups in total. The maximum Gasteiger partial charge on any atom is 0.351 e. The van der Waals surface area contributed by atoms with Crippen LogP contribution in [0, 0.1) is 5.92 Å². The lowest BCUT2D eigenvalue weighted by atomic mass is 9.93. The van der Waals surface area contributed by atoms with Gasteiger partial charge in [-0.1, -0.05) is 78.1 Å². The molecule has 2 heterocycles. The van der Waals surface area contributed by atoms with Gasteiger partial charge in [-0.05, 0) is 18.9 Å². The Hall–Kier alpha value is -1.77. The highest BCUT2D eigenvalue weighted by Gasteiger charge is 2.35. The third kappa shape index (κ3) is 9.18. The minimum absolute atomic E-state index is 0.0717. The molecule has 0 bridgehead atoms. The maximum atomic E-state index is 13.0. The van der Waals surface area contributed by atoms with Crippen LogP contribution in [0.25, 0.3) is 0 Å². The molecule has 1 aromatic rings. The average molecular weight is 466 g/mol. The van der Waals surface area contributed by atoms with E-state index in [2.05, 4.69) is 24.1 Å². The smallest absolute Gasteiger partial charge is 0.351 e. The standard InChI is InChI=1S/C25H43N3O5/c1-3-5-7-9-10-12-14-19(13-11-8-6-4-2)24(31)26-22-15-16-28(25(32)27-22)23-17-20(30)21(18-29)33-23/h15-16,19-21,23,29-30H,3-14,17-18H2,1-2H3,(H,26,27,31,32)/t19?,20-,21+,23+/m0/s1. The summed E-state index contributed by atoms with van der Waals surface area (Å²) in [5, 5.41) is 22.0. The van der Waals surface area contributed by atoms with Gasteiger partial charge in [0.25, 0.3) is 0 Å². The van der Waals surface area contributed by atoms with Crippen molar-refractivity contribution >= 4 is 11.7 Å².